The number of aliphatic hydroxyl groups excluding tert-OH is 1. The molecule has 150 valence electrons. The molecular formula is C23H32N4O. The number of aryl methyl sites for hydroxylation is 1. The van der Waals surface area contributed by atoms with Gasteiger partial charge in [-0.3, -0.25) is 4.90 Å². The van der Waals surface area contributed by atoms with Crippen molar-refractivity contribution in [2.45, 2.75) is 33.5 Å². The van der Waals surface area contributed by atoms with Crippen LogP contribution in [0.2, 0.25) is 0 Å². The van der Waals surface area contributed by atoms with Gasteiger partial charge in [-0.25, -0.2) is 4.99 Å². The molecule has 0 radical (unpaired) electrons. The number of aliphatic hydroxyl groups is 1. The van der Waals surface area contributed by atoms with Crippen LogP contribution in [0.25, 0.3) is 0 Å². The predicted octanol–water partition coefficient (Wildman–Crippen LogP) is 2.77. The van der Waals surface area contributed by atoms with Gasteiger partial charge in [0.2, 0.25) is 0 Å². The van der Waals surface area contributed by atoms with Gasteiger partial charge in [0.25, 0.3) is 0 Å². The number of benzene rings is 2. The van der Waals surface area contributed by atoms with Gasteiger partial charge in [0, 0.05) is 39.3 Å². The lowest BCUT2D eigenvalue weighted by molar-refractivity contribution is 0.172. The number of hydrogen-bond donors (Lipinski definition) is 2. The van der Waals surface area contributed by atoms with Crippen LogP contribution in [-0.4, -0.2) is 53.6 Å². The first-order valence-corrected chi connectivity index (χ1v) is 10.2. The van der Waals surface area contributed by atoms with Crippen LogP contribution in [0.4, 0.5) is 0 Å². The Bertz CT molecular complexity index is 782. The van der Waals surface area contributed by atoms with Gasteiger partial charge in [0.05, 0.1) is 13.2 Å². The molecule has 5 nitrogen and oxygen atoms in total. The van der Waals surface area contributed by atoms with Crippen LogP contribution < -0.4 is 5.32 Å². The van der Waals surface area contributed by atoms with E-state index in [0.717, 1.165) is 56.4 Å². The molecule has 0 atom stereocenters. The molecular weight excluding hydrogens is 348 g/mol. The summed E-state index contributed by atoms with van der Waals surface area (Å²) in [5.41, 5.74) is 4.74. The third-order valence-electron chi connectivity index (χ3n) is 5.18. The van der Waals surface area contributed by atoms with Crippen LogP contribution in [0.15, 0.2) is 53.5 Å². The summed E-state index contributed by atoms with van der Waals surface area (Å²) in [7, 11) is 0. The Morgan fingerprint density at radius 2 is 1.79 bits per heavy atom. The summed E-state index contributed by atoms with van der Waals surface area (Å²) in [6, 6.07) is 16.7. The molecule has 0 bridgehead atoms. The maximum Gasteiger partial charge on any atom is 0.194 e. The first-order valence-electron chi connectivity index (χ1n) is 10.2. The molecule has 1 aliphatic rings. The van der Waals surface area contributed by atoms with E-state index >= 15 is 0 Å². The summed E-state index contributed by atoms with van der Waals surface area (Å²) < 4.78 is 0. The average molecular weight is 381 g/mol. The van der Waals surface area contributed by atoms with E-state index in [1.807, 2.05) is 24.3 Å². The predicted molar refractivity (Wildman–Crippen MR) is 115 cm³/mol. The number of guanidine groups is 1. The molecule has 1 fully saturated rings. The Hall–Kier alpha value is -2.37. The fourth-order valence-corrected chi connectivity index (χ4v) is 3.64. The lowest BCUT2D eigenvalue weighted by Crippen LogP contribution is -2.52. The summed E-state index contributed by atoms with van der Waals surface area (Å²) in [6.45, 7) is 10.8. The molecule has 1 saturated heterocycles. The Balaban J connectivity index is 1.59. The highest BCUT2D eigenvalue weighted by Gasteiger charge is 2.19. The molecule has 0 amide bonds. The van der Waals surface area contributed by atoms with Crippen molar-refractivity contribution in [3.63, 3.8) is 0 Å². The van der Waals surface area contributed by atoms with E-state index < -0.39 is 0 Å². The van der Waals surface area contributed by atoms with E-state index in [4.69, 9.17) is 4.99 Å². The van der Waals surface area contributed by atoms with Gasteiger partial charge in [-0.1, -0.05) is 54.1 Å². The molecule has 0 aliphatic carbocycles. The van der Waals surface area contributed by atoms with Crippen molar-refractivity contribution in [1.29, 1.82) is 0 Å². The summed E-state index contributed by atoms with van der Waals surface area (Å²) >= 11 is 0. The number of hydrogen-bond acceptors (Lipinski definition) is 3. The highest BCUT2D eigenvalue weighted by molar-refractivity contribution is 5.80. The zero-order valence-electron chi connectivity index (χ0n) is 17.1. The number of rotatable bonds is 6. The lowest BCUT2D eigenvalue weighted by atomic mass is 10.1. The van der Waals surface area contributed by atoms with Crippen molar-refractivity contribution in [2.75, 3.05) is 32.7 Å². The number of piperazine rings is 1. The molecule has 2 aromatic rings. The fraction of sp³-hybridized carbons (Fsp3) is 0.435. The van der Waals surface area contributed by atoms with Crippen LogP contribution in [0, 0.1) is 6.92 Å². The quantitative estimate of drug-likeness (QED) is 0.598. The highest BCUT2D eigenvalue weighted by Crippen LogP contribution is 2.12. The second-order valence-electron chi connectivity index (χ2n) is 7.35. The molecule has 2 aromatic carbocycles. The summed E-state index contributed by atoms with van der Waals surface area (Å²) in [5, 5.41) is 13.0. The van der Waals surface area contributed by atoms with Gasteiger partial charge in [-0.05, 0) is 30.5 Å². The van der Waals surface area contributed by atoms with E-state index in [1.54, 1.807) is 0 Å². The molecule has 0 saturated carbocycles. The lowest BCUT2D eigenvalue weighted by Gasteiger charge is -2.36. The van der Waals surface area contributed by atoms with Crippen molar-refractivity contribution in [3.05, 3.63) is 70.8 Å². The van der Waals surface area contributed by atoms with E-state index in [2.05, 4.69) is 53.2 Å². The Labute approximate surface area is 168 Å². The van der Waals surface area contributed by atoms with Crippen molar-refractivity contribution in [1.82, 2.24) is 15.1 Å². The Morgan fingerprint density at radius 1 is 1.04 bits per heavy atom. The first kappa shape index (κ1) is 20.4. The smallest absolute Gasteiger partial charge is 0.194 e. The summed E-state index contributed by atoms with van der Waals surface area (Å²) in [4.78, 5) is 9.69. The van der Waals surface area contributed by atoms with Gasteiger partial charge in [-0.15, -0.1) is 0 Å². The number of aliphatic imine (C=N–C) groups is 1. The van der Waals surface area contributed by atoms with Crippen LogP contribution in [0.5, 0.6) is 0 Å². The Kier molecular flexibility index (Phi) is 7.46. The normalized spacial score (nSPS) is 15.7. The maximum atomic E-state index is 9.52. The zero-order valence-corrected chi connectivity index (χ0v) is 17.1. The van der Waals surface area contributed by atoms with Crippen LogP contribution in [0.3, 0.4) is 0 Å². The number of nitrogens with zero attached hydrogens (tertiary/aromatic N) is 3. The molecule has 1 heterocycles. The van der Waals surface area contributed by atoms with Gasteiger partial charge < -0.3 is 15.3 Å². The highest BCUT2D eigenvalue weighted by atomic mass is 16.3. The summed E-state index contributed by atoms with van der Waals surface area (Å²) in [5.74, 6) is 0.963. The van der Waals surface area contributed by atoms with Crippen molar-refractivity contribution >= 4 is 5.96 Å². The molecule has 3 rings (SSSR count). The van der Waals surface area contributed by atoms with Gasteiger partial charge in [-0.2, -0.15) is 0 Å². The van der Waals surface area contributed by atoms with Crippen LogP contribution in [-0.2, 0) is 19.7 Å². The zero-order chi connectivity index (χ0) is 19.8. The van der Waals surface area contributed by atoms with Gasteiger partial charge in [0.15, 0.2) is 5.96 Å². The van der Waals surface area contributed by atoms with Crippen molar-refractivity contribution < 1.29 is 5.11 Å². The summed E-state index contributed by atoms with van der Waals surface area (Å²) in [6.07, 6.45) is 0. The molecule has 1 aliphatic heterocycles. The minimum absolute atomic E-state index is 0.0554. The third kappa shape index (κ3) is 5.57. The fourth-order valence-electron chi connectivity index (χ4n) is 3.64. The topological polar surface area (TPSA) is 51.1 Å². The van der Waals surface area contributed by atoms with E-state index in [-0.39, 0.29) is 6.61 Å². The second kappa shape index (κ2) is 10.2. The first-order chi connectivity index (χ1) is 13.7. The van der Waals surface area contributed by atoms with E-state index in [1.165, 1.54) is 11.1 Å². The van der Waals surface area contributed by atoms with Gasteiger partial charge in [0.1, 0.15) is 0 Å². The van der Waals surface area contributed by atoms with Gasteiger partial charge >= 0.3 is 0 Å². The van der Waals surface area contributed by atoms with Crippen LogP contribution in [0.1, 0.15) is 29.2 Å². The molecule has 0 aromatic heterocycles. The molecule has 2 N–H and O–H groups in total. The maximum absolute atomic E-state index is 9.52. The minimum Gasteiger partial charge on any atom is -0.392 e. The monoisotopic (exact) mass is 380 g/mol. The minimum atomic E-state index is 0.0554. The standard InChI is InChI=1S/C23H32N4O/c1-3-24-23(25-16-21-9-4-5-10-22(21)18-28)27-13-11-26(12-14-27)17-20-8-6-7-19(2)15-20/h4-10,15,28H,3,11-14,16-18H2,1-2H3,(H,24,25). The second-order valence-corrected chi connectivity index (χ2v) is 7.35. The number of nitrogens with one attached hydrogen (secondary N) is 1. The van der Waals surface area contributed by atoms with E-state index in [9.17, 15) is 5.11 Å². The van der Waals surface area contributed by atoms with Crippen molar-refractivity contribution in [3.8, 4) is 0 Å². The molecule has 5 heteroatoms. The molecule has 0 unspecified atom stereocenters. The average Bonchev–Trinajstić information content (AvgIpc) is 2.72. The SMILES string of the molecule is CCNC(=NCc1ccccc1CO)N1CCN(Cc2cccc(C)c2)CC1. The third-order valence-corrected chi connectivity index (χ3v) is 5.18. The molecule has 28 heavy (non-hydrogen) atoms. The largest absolute Gasteiger partial charge is 0.392 e. The van der Waals surface area contributed by atoms with E-state index in [0.29, 0.717) is 6.54 Å². The Morgan fingerprint density at radius 3 is 2.46 bits per heavy atom. The molecule has 0 spiro atoms. The van der Waals surface area contributed by atoms with Crippen molar-refractivity contribution in [2.24, 2.45) is 4.99 Å². The van der Waals surface area contributed by atoms with Crippen LogP contribution >= 0.6 is 0 Å².